The molecule has 1 fully saturated rings. The Labute approximate surface area is 123 Å². The van der Waals surface area contributed by atoms with Gasteiger partial charge < -0.3 is 5.11 Å². The van der Waals surface area contributed by atoms with E-state index in [1.54, 1.807) is 0 Å². The van der Waals surface area contributed by atoms with E-state index in [-0.39, 0.29) is 41.5 Å². The molecule has 1 saturated heterocycles. The van der Waals surface area contributed by atoms with Gasteiger partial charge in [-0.2, -0.15) is 17.5 Å². The highest BCUT2D eigenvalue weighted by Gasteiger charge is 2.37. The van der Waals surface area contributed by atoms with E-state index in [1.165, 1.54) is 0 Å². The molecule has 0 spiro atoms. The van der Waals surface area contributed by atoms with Crippen LogP contribution in [0.1, 0.15) is 17.7 Å². The second-order valence-corrected chi connectivity index (χ2v) is 7.88. The molecule has 1 N–H and O–H groups in total. The molecule has 118 valence electrons. The van der Waals surface area contributed by atoms with E-state index in [0.29, 0.717) is 0 Å². The highest BCUT2D eigenvalue weighted by atomic mass is 32.2. The number of carbonyl (C=O) groups is 1. The number of hydrogen-bond donors (Lipinski definition) is 1. The minimum Gasteiger partial charge on any atom is -0.481 e. The van der Waals surface area contributed by atoms with Crippen molar-refractivity contribution in [3.05, 3.63) is 17.0 Å². The number of carboxylic acids is 1. The van der Waals surface area contributed by atoms with Crippen LogP contribution in [0.15, 0.2) is 16.3 Å². The van der Waals surface area contributed by atoms with Crippen molar-refractivity contribution < 1.29 is 31.5 Å². The van der Waals surface area contributed by atoms with Crippen LogP contribution in [0.4, 0.5) is 13.2 Å². The number of sulfonamides is 1. The van der Waals surface area contributed by atoms with Gasteiger partial charge in [0, 0.05) is 13.1 Å². The first-order chi connectivity index (χ1) is 9.62. The van der Waals surface area contributed by atoms with Crippen LogP contribution in [0.25, 0.3) is 0 Å². The quantitative estimate of drug-likeness (QED) is 0.913. The van der Waals surface area contributed by atoms with Crippen molar-refractivity contribution >= 4 is 27.3 Å². The Balaban J connectivity index is 2.16. The topological polar surface area (TPSA) is 74.7 Å². The molecule has 0 aliphatic carbocycles. The van der Waals surface area contributed by atoms with Crippen molar-refractivity contribution in [3.8, 4) is 0 Å². The first-order valence-corrected chi connectivity index (χ1v) is 8.28. The smallest absolute Gasteiger partial charge is 0.425 e. The van der Waals surface area contributed by atoms with Crippen LogP contribution >= 0.6 is 11.3 Å². The molecule has 1 aromatic rings. The van der Waals surface area contributed by atoms with Crippen molar-refractivity contribution in [2.45, 2.75) is 23.2 Å². The van der Waals surface area contributed by atoms with Crippen LogP contribution in [0.3, 0.4) is 0 Å². The van der Waals surface area contributed by atoms with Gasteiger partial charge in [-0.25, -0.2) is 8.42 Å². The lowest BCUT2D eigenvalue weighted by molar-refractivity contribution is -0.143. The molecule has 1 aromatic heterocycles. The first kappa shape index (κ1) is 16.2. The largest absolute Gasteiger partial charge is 0.481 e. The number of piperidine rings is 1. The zero-order valence-corrected chi connectivity index (χ0v) is 12.3. The van der Waals surface area contributed by atoms with Gasteiger partial charge in [-0.1, -0.05) is 0 Å². The Morgan fingerprint density at radius 1 is 1.29 bits per heavy atom. The number of aliphatic carboxylic acids is 1. The first-order valence-electron chi connectivity index (χ1n) is 6.02. The lowest BCUT2D eigenvalue weighted by atomic mass is 9.99. The van der Waals surface area contributed by atoms with E-state index in [0.717, 1.165) is 16.4 Å². The molecule has 0 radical (unpaired) electrons. The molecule has 5 nitrogen and oxygen atoms in total. The van der Waals surface area contributed by atoms with Crippen molar-refractivity contribution in [2.75, 3.05) is 13.1 Å². The standard InChI is InChI=1S/C11H12F3NO4S2/c12-11(13,14)8-1-2-9(20-8)21(18,19)15-5-3-7(4-6-15)10(16)17/h1-2,7H,3-6H2,(H,16,17). The fraction of sp³-hybridized carbons (Fsp3) is 0.545. The van der Waals surface area contributed by atoms with E-state index in [1.807, 2.05) is 0 Å². The zero-order valence-electron chi connectivity index (χ0n) is 10.6. The average molecular weight is 343 g/mol. The monoisotopic (exact) mass is 343 g/mol. The van der Waals surface area contributed by atoms with Gasteiger partial charge in [0.1, 0.15) is 9.09 Å². The molecule has 1 aliphatic heterocycles. The maximum atomic E-state index is 12.5. The average Bonchev–Trinajstić information content (AvgIpc) is 2.89. The minimum absolute atomic E-state index is 0.00144. The van der Waals surface area contributed by atoms with Gasteiger partial charge in [0.05, 0.1) is 5.92 Å². The minimum atomic E-state index is -4.57. The third kappa shape index (κ3) is 3.38. The highest BCUT2D eigenvalue weighted by Crippen LogP contribution is 2.37. The molecule has 21 heavy (non-hydrogen) atoms. The van der Waals surface area contributed by atoms with Gasteiger partial charge in [-0.3, -0.25) is 4.79 Å². The zero-order chi connectivity index (χ0) is 15.8. The summed E-state index contributed by atoms with van der Waals surface area (Å²) in [5, 5.41) is 8.85. The normalized spacial score (nSPS) is 18.8. The number of nitrogens with zero attached hydrogens (tertiary/aromatic N) is 1. The van der Waals surface area contributed by atoms with Gasteiger partial charge in [-0.15, -0.1) is 11.3 Å². The summed E-state index contributed by atoms with van der Waals surface area (Å²) in [5.41, 5.74) is 0. The number of halogens is 3. The van der Waals surface area contributed by atoms with Crippen LogP contribution in [0.2, 0.25) is 0 Å². The number of alkyl halides is 3. The lowest BCUT2D eigenvalue weighted by Gasteiger charge is -2.28. The van der Waals surface area contributed by atoms with Crippen molar-refractivity contribution in [1.82, 2.24) is 4.31 Å². The van der Waals surface area contributed by atoms with E-state index >= 15 is 0 Å². The van der Waals surface area contributed by atoms with Crippen LogP contribution in [0, 0.1) is 5.92 Å². The molecule has 1 aliphatic rings. The maximum Gasteiger partial charge on any atom is 0.425 e. The third-order valence-electron chi connectivity index (χ3n) is 3.26. The molecule has 0 unspecified atom stereocenters. The fourth-order valence-corrected chi connectivity index (χ4v) is 4.88. The molecular weight excluding hydrogens is 331 g/mol. The fourth-order valence-electron chi connectivity index (χ4n) is 2.08. The number of hydrogen-bond acceptors (Lipinski definition) is 4. The van der Waals surface area contributed by atoms with Gasteiger partial charge >= 0.3 is 12.1 Å². The number of rotatable bonds is 3. The molecule has 0 aromatic carbocycles. The summed E-state index contributed by atoms with van der Waals surface area (Å²) in [6, 6.07) is 1.67. The molecule has 10 heteroatoms. The number of carboxylic acid groups (broad SMARTS) is 1. The molecule has 0 atom stereocenters. The summed E-state index contributed by atoms with van der Waals surface area (Å²) < 4.78 is 62.6. The predicted octanol–water partition coefficient (Wildman–Crippen LogP) is 2.25. The predicted molar refractivity (Wildman–Crippen MR) is 68.4 cm³/mol. The molecule has 0 saturated carbocycles. The Hall–Kier alpha value is -1.13. The van der Waals surface area contributed by atoms with Gasteiger partial charge in [0.15, 0.2) is 0 Å². The van der Waals surface area contributed by atoms with E-state index in [9.17, 15) is 26.4 Å². The van der Waals surface area contributed by atoms with E-state index < -0.39 is 33.0 Å². The summed E-state index contributed by atoms with van der Waals surface area (Å²) in [6.45, 7) is -0.00287. The maximum absolute atomic E-state index is 12.5. The summed E-state index contributed by atoms with van der Waals surface area (Å²) in [5.74, 6) is -1.59. The molecule has 0 bridgehead atoms. The van der Waals surface area contributed by atoms with Crippen LogP contribution < -0.4 is 0 Å². The summed E-state index contributed by atoms with van der Waals surface area (Å²) in [7, 11) is -3.99. The van der Waals surface area contributed by atoms with Crippen molar-refractivity contribution in [2.24, 2.45) is 5.92 Å². The second kappa shape index (κ2) is 5.58. The Morgan fingerprint density at radius 3 is 2.29 bits per heavy atom. The number of thiophene rings is 1. The second-order valence-electron chi connectivity index (χ2n) is 4.63. The SMILES string of the molecule is O=C(O)C1CCN(S(=O)(=O)c2ccc(C(F)(F)F)s2)CC1. The van der Waals surface area contributed by atoms with E-state index in [4.69, 9.17) is 5.11 Å². The third-order valence-corrected chi connectivity index (χ3v) is 6.75. The van der Waals surface area contributed by atoms with Gasteiger partial charge in [0.2, 0.25) is 0 Å². The summed E-state index contributed by atoms with van der Waals surface area (Å²) in [4.78, 5) is 9.83. The molecule has 2 rings (SSSR count). The lowest BCUT2D eigenvalue weighted by Crippen LogP contribution is -2.39. The van der Waals surface area contributed by atoms with Gasteiger partial charge in [-0.05, 0) is 25.0 Å². The molecular formula is C11H12F3NO4S2. The van der Waals surface area contributed by atoms with Crippen LogP contribution in [-0.2, 0) is 21.0 Å². The molecule has 2 heterocycles. The Bertz CT molecular complexity index is 630. The van der Waals surface area contributed by atoms with E-state index in [2.05, 4.69) is 0 Å². The Morgan fingerprint density at radius 2 is 1.86 bits per heavy atom. The highest BCUT2D eigenvalue weighted by molar-refractivity contribution is 7.91. The van der Waals surface area contributed by atoms with Crippen LogP contribution in [0.5, 0.6) is 0 Å². The molecule has 0 amide bonds. The van der Waals surface area contributed by atoms with Gasteiger partial charge in [0.25, 0.3) is 10.0 Å². The van der Waals surface area contributed by atoms with Crippen LogP contribution in [-0.4, -0.2) is 36.9 Å². The summed E-state index contributed by atoms with van der Waals surface area (Å²) in [6.07, 6.45) is -4.26. The Kier molecular flexibility index (Phi) is 4.31. The summed E-state index contributed by atoms with van der Waals surface area (Å²) >= 11 is 0.177. The van der Waals surface area contributed by atoms with Crippen molar-refractivity contribution in [3.63, 3.8) is 0 Å². The van der Waals surface area contributed by atoms with Crippen molar-refractivity contribution in [1.29, 1.82) is 0 Å².